The summed E-state index contributed by atoms with van der Waals surface area (Å²) >= 11 is 0. The maximum Gasteiger partial charge on any atom is 0.303 e. The van der Waals surface area contributed by atoms with Crippen molar-refractivity contribution in [3.05, 3.63) is 0 Å². The molecule has 0 aromatic carbocycles. The number of carbonyl (C=O) groups is 2. The number of hydrogen-bond donors (Lipinski definition) is 3. The van der Waals surface area contributed by atoms with Gasteiger partial charge in [0.2, 0.25) is 5.91 Å². The number of piperidine rings is 1. The highest BCUT2D eigenvalue weighted by molar-refractivity contribution is 5.81. The molecule has 1 aliphatic carbocycles. The normalized spacial score (nSPS) is 30.4. The Morgan fingerprint density at radius 3 is 2.74 bits per heavy atom. The summed E-state index contributed by atoms with van der Waals surface area (Å²) in [5, 5.41) is 14.8. The van der Waals surface area contributed by atoms with Crippen molar-refractivity contribution in [3.8, 4) is 0 Å². The highest BCUT2D eigenvalue weighted by Crippen LogP contribution is 2.32. The standard InChI is InChI=1S/C14H24N2O3/c17-13(18)6-3-9-15-14(19)12-8-7-10-4-1-2-5-11(10)16-12/h10-12,16H,1-9H2,(H,15,19)(H,17,18). The second-order valence-electron chi connectivity index (χ2n) is 5.74. The molecular formula is C14H24N2O3. The summed E-state index contributed by atoms with van der Waals surface area (Å²) in [5.74, 6) is -0.0192. The summed E-state index contributed by atoms with van der Waals surface area (Å²) in [7, 11) is 0. The summed E-state index contributed by atoms with van der Waals surface area (Å²) in [6.07, 6.45) is 7.74. The minimum Gasteiger partial charge on any atom is -0.481 e. The molecule has 0 aromatic heterocycles. The lowest BCUT2D eigenvalue weighted by atomic mass is 9.77. The van der Waals surface area contributed by atoms with E-state index in [9.17, 15) is 9.59 Å². The average molecular weight is 268 g/mol. The molecule has 108 valence electrons. The Balaban J connectivity index is 1.69. The molecule has 2 fully saturated rings. The van der Waals surface area contributed by atoms with Gasteiger partial charge in [0.05, 0.1) is 6.04 Å². The van der Waals surface area contributed by atoms with Gasteiger partial charge in [-0.1, -0.05) is 12.8 Å². The van der Waals surface area contributed by atoms with E-state index in [2.05, 4.69) is 10.6 Å². The number of carboxylic acid groups (broad SMARTS) is 1. The Hall–Kier alpha value is -1.10. The molecule has 3 unspecified atom stereocenters. The molecule has 0 radical (unpaired) electrons. The quantitative estimate of drug-likeness (QED) is 0.656. The fourth-order valence-corrected chi connectivity index (χ4v) is 3.28. The highest BCUT2D eigenvalue weighted by atomic mass is 16.4. The number of hydrogen-bond acceptors (Lipinski definition) is 3. The molecule has 5 nitrogen and oxygen atoms in total. The van der Waals surface area contributed by atoms with E-state index in [4.69, 9.17) is 5.11 Å². The average Bonchev–Trinajstić information content (AvgIpc) is 2.42. The summed E-state index contributed by atoms with van der Waals surface area (Å²) in [4.78, 5) is 22.4. The third-order valence-corrected chi connectivity index (χ3v) is 4.33. The van der Waals surface area contributed by atoms with Crippen LogP contribution >= 0.6 is 0 Å². The largest absolute Gasteiger partial charge is 0.481 e. The van der Waals surface area contributed by atoms with Crippen LogP contribution in [0.3, 0.4) is 0 Å². The van der Waals surface area contributed by atoms with E-state index < -0.39 is 5.97 Å². The Labute approximate surface area is 114 Å². The zero-order valence-corrected chi connectivity index (χ0v) is 11.4. The molecule has 1 aliphatic heterocycles. The number of aliphatic carboxylic acids is 1. The first-order valence-corrected chi connectivity index (χ1v) is 7.42. The lowest BCUT2D eigenvalue weighted by Gasteiger charge is -2.39. The summed E-state index contributed by atoms with van der Waals surface area (Å²) < 4.78 is 0. The first-order valence-electron chi connectivity index (χ1n) is 7.42. The molecule has 1 saturated heterocycles. The highest BCUT2D eigenvalue weighted by Gasteiger charge is 2.34. The maximum atomic E-state index is 12.0. The van der Waals surface area contributed by atoms with Gasteiger partial charge in [0.25, 0.3) is 0 Å². The van der Waals surface area contributed by atoms with Crippen molar-refractivity contribution < 1.29 is 14.7 Å². The second-order valence-corrected chi connectivity index (χ2v) is 5.74. The molecule has 5 heteroatoms. The van der Waals surface area contributed by atoms with Crippen LogP contribution in [0, 0.1) is 5.92 Å². The van der Waals surface area contributed by atoms with Crippen LogP contribution in [0.15, 0.2) is 0 Å². The minimum atomic E-state index is -0.810. The first-order chi connectivity index (χ1) is 9.16. The molecule has 0 bridgehead atoms. The number of rotatable bonds is 5. The van der Waals surface area contributed by atoms with Gasteiger partial charge < -0.3 is 15.7 Å². The number of fused-ring (bicyclic) bond motifs is 1. The van der Waals surface area contributed by atoms with Crippen molar-refractivity contribution in [3.63, 3.8) is 0 Å². The molecule has 1 saturated carbocycles. The molecule has 2 aliphatic rings. The second kappa shape index (κ2) is 6.89. The Bertz CT molecular complexity index is 333. The SMILES string of the molecule is O=C(O)CCCNC(=O)C1CCC2CCCCC2N1. The molecule has 2 rings (SSSR count). The van der Waals surface area contributed by atoms with Gasteiger partial charge in [-0.05, 0) is 38.0 Å². The van der Waals surface area contributed by atoms with Crippen molar-refractivity contribution >= 4 is 11.9 Å². The molecule has 3 atom stereocenters. The van der Waals surface area contributed by atoms with E-state index in [1.165, 1.54) is 25.7 Å². The van der Waals surface area contributed by atoms with Crippen LogP contribution in [0.25, 0.3) is 0 Å². The molecule has 19 heavy (non-hydrogen) atoms. The number of carboxylic acids is 1. The van der Waals surface area contributed by atoms with Gasteiger partial charge in [-0.2, -0.15) is 0 Å². The van der Waals surface area contributed by atoms with Gasteiger partial charge in [0.15, 0.2) is 0 Å². The van der Waals surface area contributed by atoms with E-state index in [-0.39, 0.29) is 18.4 Å². The molecule has 0 aromatic rings. The first kappa shape index (κ1) is 14.3. The summed E-state index contributed by atoms with van der Waals surface area (Å²) in [5.41, 5.74) is 0. The van der Waals surface area contributed by atoms with Crippen molar-refractivity contribution in [1.82, 2.24) is 10.6 Å². The number of carbonyl (C=O) groups excluding carboxylic acids is 1. The van der Waals surface area contributed by atoms with Gasteiger partial charge in [-0.15, -0.1) is 0 Å². The van der Waals surface area contributed by atoms with Crippen molar-refractivity contribution in [2.75, 3.05) is 6.54 Å². The third-order valence-electron chi connectivity index (χ3n) is 4.33. The van der Waals surface area contributed by atoms with E-state index in [1.807, 2.05) is 0 Å². The van der Waals surface area contributed by atoms with Crippen molar-refractivity contribution in [2.45, 2.75) is 63.5 Å². The Kier molecular flexibility index (Phi) is 5.19. The van der Waals surface area contributed by atoms with Crippen molar-refractivity contribution in [1.29, 1.82) is 0 Å². The number of amides is 1. The predicted octanol–water partition coefficient (Wildman–Crippen LogP) is 1.28. The van der Waals surface area contributed by atoms with Crippen LogP contribution in [0.1, 0.15) is 51.4 Å². The lowest BCUT2D eigenvalue weighted by molar-refractivity contribution is -0.137. The summed E-state index contributed by atoms with van der Waals surface area (Å²) in [6.45, 7) is 0.456. The van der Waals surface area contributed by atoms with Gasteiger partial charge in [-0.25, -0.2) is 0 Å². The summed E-state index contributed by atoms with van der Waals surface area (Å²) in [6, 6.07) is 0.432. The fraction of sp³-hybridized carbons (Fsp3) is 0.857. The van der Waals surface area contributed by atoms with E-state index in [0.29, 0.717) is 19.0 Å². The van der Waals surface area contributed by atoms with Crippen LogP contribution in [-0.2, 0) is 9.59 Å². The van der Waals surface area contributed by atoms with Crippen LogP contribution in [0.4, 0.5) is 0 Å². The Morgan fingerprint density at radius 2 is 1.95 bits per heavy atom. The molecule has 0 spiro atoms. The van der Waals surface area contributed by atoms with Gasteiger partial charge in [0, 0.05) is 19.0 Å². The topological polar surface area (TPSA) is 78.4 Å². The molecule has 1 heterocycles. The zero-order valence-electron chi connectivity index (χ0n) is 11.4. The van der Waals surface area contributed by atoms with Gasteiger partial charge in [0.1, 0.15) is 0 Å². The fourth-order valence-electron chi connectivity index (χ4n) is 3.28. The third kappa shape index (κ3) is 4.20. The predicted molar refractivity (Wildman–Crippen MR) is 71.8 cm³/mol. The van der Waals surface area contributed by atoms with E-state index >= 15 is 0 Å². The minimum absolute atomic E-state index is 0.0365. The van der Waals surface area contributed by atoms with E-state index in [1.54, 1.807) is 0 Å². The Morgan fingerprint density at radius 1 is 1.16 bits per heavy atom. The smallest absolute Gasteiger partial charge is 0.303 e. The number of nitrogens with one attached hydrogen (secondary N) is 2. The van der Waals surface area contributed by atoms with Gasteiger partial charge >= 0.3 is 5.97 Å². The molecule has 1 amide bonds. The zero-order chi connectivity index (χ0) is 13.7. The van der Waals surface area contributed by atoms with Crippen LogP contribution in [0.5, 0.6) is 0 Å². The van der Waals surface area contributed by atoms with Crippen molar-refractivity contribution in [2.24, 2.45) is 5.92 Å². The lowest BCUT2D eigenvalue weighted by Crippen LogP contribution is -2.55. The molecular weight excluding hydrogens is 244 g/mol. The van der Waals surface area contributed by atoms with Crippen LogP contribution in [-0.4, -0.2) is 35.6 Å². The monoisotopic (exact) mass is 268 g/mol. The van der Waals surface area contributed by atoms with E-state index in [0.717, 1.165) is 18.8 Å². The maximum absolute atomic E-state index is 12.0. The van der Waals surface area contributed by atoms with Gasteiger partial charge in [-0.3, -0.25) is 9.59 Å². The van der Waals surface area contributed by atoms with Crippen LogP contribution < -0.4 is 10.6 Å². The molecule has 3 N–H and O–H groups in total. The van der Waals surface area contributed by atoms with Crippen LogP contribution in [0.2, 0.25) is 0 Å².